The van der Waals surface area contributed by atoms with Crippen molar-refractivity contribution < 1.29 is 19.8 Å². The first-order chi connectivity index (χ1) is 8.08. The molecule has 0 heterocycles. The molecule has 1 rings (SSSR count). The number of aliphatic hydroxyl groups is 2. The van der Waals surface area contributed by atoms with Gasteiger partial charge in [-0.2, -0.15) is 0 Å². The summed E-state index contributed by atoms with van der Waals surface area (Å²) in [5.74, 6) is -1.11. The lowest BCUT2D eigenvalue weighted by Crippen LogP contribution is -2.40. The number of carbonyl (C=O) groups excluding carboxylic acids is 2. The van der Waals surface area contributed by atoms with E-state index in [4.69, 9.17) is 15.9 Å². The van der Waals surface area contributed by atoms with E-state index in [2.05, 4.69) is 5.32 Å². The van der Waals surface area contributed by atoms with Crippen LogP contribution in [0.25, 0.3) is 0 Å². The monoisotopic (exact) mass is 238 g/mol. The third kappa shape index (κ3) is 3.54. The summed E-state index contributed by atoms with van der Waals surface area (Å²) in [7, 11) is 0. The van der Waals surface area contributed by atoms with Gasteiger partial charge in [-0.25, -0.2) is 0 Å². The maximum absolute atomic E-state index is 11.7. The molecule has 0 aromatic heterocycles. The van der Waals surface area contributed by atoms with Gasteiger partial charge in [0.15, 0.2) is 0 Å². The van der Waals surface area contributed by atoms with E-state index in [1.807, 2.05) is 0 Å². The van der Waals surface area contributed by atoms with Crippen molar-refractivity contribution in [1.29, 1.82) is 0 Å². The van der Waals surface area contributed by atoms with Gasteiger partial charge in [0, 0.05) is 11.1 Å². The van der Waals surface area contributed by atoms with Crippen LogP contribution in [0.1, 0.15) is 20.7 Å². The molecule has 0 fully saturated rings. The minimum atomic E-state index is -0.722. The van der Waals surface area contributed by atoms with Crippen LogP contribution in [0.2, 0.25) is 0 Å². The molecule has 0 atom stereocenters. The van der Waals surface area contributed by atoms with Crippen molar-refractivity contribution in [2.24, 2.45) is 5.73 Å². The van der Waals surface area contributed by atoms with Crippen molar-refractivity contribution in [3.63, 3.8) is 0 Å². The number of carbonyl (C=O) groups is 2. The van der Waals surface area contributed by atoms with Gasteiger partial charge in [-0.3, -0.25) is 9.59 Å². The maximum Gasteiger partial charge on any atom is 0.251 e. The minimum absolute atomic E-state index is 0.224. The van der Waals surface area contributed by atoms with E-state index >= 15 is 0 Å². The van der Waals surface area contributed by atoms with Crippen LogP contribution in [0.3, 0.4) is 0 Å². The van der Waals surface area contributed by atoms with E-state index < -0.39 is 17.9 Å². The van der Waals surface area contributed by atoms with Gasteiger partial charge in [0.25, 0.3) is 5.91 Å². The van der Waals surface area contributed by atoms with Crippen LogP contribution in [0.5, 0.6) is 0 Å². The Bertz CT molecular complexity index is 416. The van der Waals surface area contributed by atoms with Gasteiger partial charge < -0.3 is 21.3 Å². The number of aliphatic hydroxyl groups excluding tert-OH is 2. The van der Waals surface area contributed by atoms with E-state index in [1.54, 1.807) is 0 Å². The Morgan fingerprint density at radius 3 is 2.35 bits per heavy atom. The lowest BCUT2D eigenvalue weighted by atomic mass is 10.1. The molecule has 92 valence electrons. The Hall–Kier alpha value is -1.92. The molecule has 0 saturated carbocycles. The van der Waals surface area contributed by atoms with Crippen molar-refractivity contribution in [3.05, 3.63) is 35.4 Å². The average Bonchev–Trinajstić information content (AvgIpc) is 2.35. The number of nitrogens with two attached hydrogens (primary N) is 1. The molecule has 0 aliphatic heterocycles. The standard InChI is InChI=1S/C11H14N2O4/c12-10(16)7-2-1-3-8(4-7)11(17)13-9(5-14)6-15/h1-4,9,14-15H,5-6H2,(H2,12,16)(H,13,17). The molecule has 0 aliphatic carbocycles. The van der Waals surface area contributed by atoms with Gasteiger partial charge in [-0.1, -0.05) is 6.07 Å². The molecule has 17 heavy (non-hydrogen) atoms. The molecule has 6 nitrogen and oxygen atoms in total. The summed E-state index contributed by atoms with van der Waals surface area (Å²) in [6.07, 6.45) is 0. The molecular formula is C11H14N2O4. The Kier molecular flexibility index (Phi) is 4.62. The molecule has 0 bridgehead atoms. The molecule has 1 aromatic carbocycles. The van der Waals surface area contributed by atoms with Gasteiger partial charge in [0.1, 0.15) is 0 Å². The van der Waals surface area contributed by atoms with Crippen LogP contribution >= 0.6 is 0 Å². The van der Waals surface area contributed by atoms with Crippen LogP contribution < -0.4 is 11.1 Å². The summed E-state index contributed by atoms with van der Waals surface area (Å²) in [5, 5.41) is 20.0. The molecule has 6 heteroatoms. The fraction of sp³-hybridized carbons (Fsp3) is 0.273. The van der Waals surface area contributed by atoms with Crippen molar-refractivity contribution in [2.75, 3.05) is 13.2 Å². The zero-order valence-corrected chi connectivity index (χ0v) is 9.09. The summed E-state index contributed by atoms with van der Waals surface area (Å²) < 4.78 is 0. The molecular weight excluding hydrogens is 224 g/mol. The third-order valence-corrected chi connectivity index (χ3v) is 2.19. The summed E-state index contributed by atoms with van der Waals surface area (Å²) in [6, 6.07) is 5.16. The summed E-state index contributed by atoms with van der Waals surface area (Å²) in [4.78, 5) is 22.6. The average molecular weight is 238 g/mol. The number of nitrogens with one attached hydrogen (secondary N) is 1. The van der Waals surface area contributed by atoms with Crippen molar-refractivity contribution in [2.45, 2.75) is 6.04 Å². The van der Waals surface area contributed by atoms with Crippen LogP contribution in [-0.4, -0.2) is 41.3 Å². The highest BCUT2D eigenvalue weighted by molar-refractivity contribution is 5.99. The zero-order valence-electron chi connectivity index (χ0n) is 9.09. The Morgan fingerprint density at radius 1 is 1.24 bits per heavy atom. The quantitative estimate of drug-likeness (QED) is 0.519. The van der Waals surface area contributed by atoms with E-state index in [-0.39, 0.29) is 24.3 Å². The van der Waals surface area contributed by atoms with E-state index in [1.165, 1.54) is 24.3 Å². The maximum atomic E-state index is 11.7. The number of hydrogen-bond donors (Lipinski definition) is 4. The normalized spacial score (nSPS) is 10.3. The van der Waals surface area contributed by atoms with Gasteiger partial charge in [0.05, 0.1) is 19.3 Å². The second-order valence-electron chi connectivity index (χ2n) is 3.48. The Morgan fingerprint density at radius 2 is 1.82 bits per heavy atom. The highest BCUT2D eigenvalue weighted by Crippen LogP contribution is 2.05. The number of hydrogen-bond acceptors (Lipinski definition) is 4. The molecule has 2 amide bonds. The van der Waals surface area contributed by atoms with Crippen LogP contribution in [0.4, 0.5) is 0 Å². The van der Waals surface area contributed by atoms with Gasteiger partial charge in [-0.15, -0.1) is 0 Å². The molecule has 0 unspecified atom stereocenters. The van der Waals surface area contributed by atoms with E-state index in [9.17, 15) is 9.59 Å². The highest BCUT2D eigenvalue weighted by Gasteiger charge is 2.13. The topological polar surface area (TPSA) is 113 Å². The second kappa shape index (κ2) is 5.97. The molecule has 0 radical (unpaired) electrons. The van der Waals surface area contributed by atoms with Crippen molar-refractivity contribution in [1.82, 2.24) is 5.32 Å². The van der Waals surface area contributed by atoms with Crippen LogP contribution in [-0.2, 0) is 0 Å². The predicted octanol–water partition coefficient (Wildman–Crippen LogP) is -1.13. The number of benzene rings is 1. The van der Waals surface area contributed by atoms with Crippen molar-refractivity contribution >= 4 is 11.8 Å². The minimum Gasteiger partial charge on any atom is -0.394 e. The Balaban J connectivity index is 2.82. The van der Waals surface area contributed by atoms with E-state index in [0.29, 0.717) is 0 Å². The predicted molar refractivity (Wildman–Crippen MR) is 60.4 cm³/mol. The summed E-state index contributed by atoms with van der Waals surface area (Å²) in [6.45, 7) is -0.727. The van der Waals surface area contributed by atoms with Gasteiger partial charge in [0.2, 0.25) is 5.91 Å². The first-order valence-electron chi connectivity index (χ1n) is 5.01. The second-order valence-corrected chi connectivity index (χ2v) is 3.48. The molecule has 1 aromatic rings. The van der Waals surface area contributed by atoms with Gasteiger partial charge in [-0.05, 0) is 18.2 Å². The third-order valence-electron chi connectivity index (χ3n) is 2.19. The summed E-state index contributed by atoms with van der Waals surface area (Å²) in [5.41, 5.74) is 5.55. The number of rotatable bonds is 5. The van der Waals surface area contributed by atoms with Gasteiger partial charge >= 0.3 is 0 Å². The smallest absolute Gasteiger partial charge is 0.251 e. The lowest BCUT2D eigenvalue weighted by molar-refractivity contribution is 0.0879. The first-order valence-corrected chi connectivity index (χ1v) is 5.01. The number of primary amides is 1. The van der Waals surface area contributed by atoms with E-state index in [0.717, 1.165) is 0 Å². The van der Waals surface area contributed by atoms with Crippen LogP contribution in [0, 0.1) is 0 Å². The fourth-order valence-electron chi connectivity index (χ4n) is 1.23. The number of amides is 2. The van der Waals surface area contributed by atoms with Crippen molar-refractivity contribution in [3.8, 4) is 0 Å². The van der Waals surface area contributed by atoms with Crippen LogP contribution in [0.15, 0.2) is 24.3 Å². The molecule has 0 aliphatic rings. The lowest BCUT2D eigenvalue weighted by Gasteiger charge is -2.13. The summed E-state index contributed by atoms with van der Waals surface area (Å²) >= 11 is 0. The largest absolute Gasteiger partial charge is 0.394 e. The molecule has 0 spiro atoms. The highest BCUT2D eigenvalue weighted by atomic mass is 16.3. The molecule has 5 N–H and O–H groups in total. The zero-order chi connectivity index (χ0) is 12.8. The molecule has 0 saturated heterocycles. The first kappa shape index (κ1) is 13.1. The Labute approximate surface area is 98.1 Å². The fourth-order valence-corrected chi connectivity index (χ4v) is 1.23. The SMILES string of the molecule is NC(=O)c1cccc(C(=O)NC(CO)CO)c1.